The first-order valence-corrected chi connectivity index (χ1v) is 10.2. The summed E-state index contributed by atoms with van der Waals surface area (Å²) in [5.41, 5.74) is 1.67. The number of anilines is 1. The number of hydrogen-bond donors (Lipinski definition) is 3. The van der Waals surface area contributed by atoms with Crippen molar-refractivity contribution in [3.63, 3.8) is 0 Å². The molecule has 0 aliphatic heterocycles. The number of rotatable bonds is 7. The van der Waals surface area contributed by atoms with Crippen LogP contribution in [-0.4, -0.2) is 49.4 Å². The van der Waals surface area contributed by atoms with Gasteiger partial charge in [0.2, 0.25) is 5.91 Å². The maximum Gasteiger partial charge on any atom is 0.407 e. The number of aryl methyl sites for hydroxylation is 1. The lowest BCUT2D eigenvalue weighted by Crippen LogP contribution is -2.45. The van der Waals surface area contributed by atoms with Gasteiger partial charge in [0.05, 0.1) is 12.1 Å². The van der Waals surface area contributed by atoms with Gasteiger partial charge in [0, 0.05) is 35.8 Å². The molecule has 0 aromatic carbocycles. The normalized spacial score (nSPS) is 22.4. The molecule has 2 amide bonds. The molecule has 0 radical (unpaired) electrons. The zero-order chi connectivity index (χ0) is 20.5. The molecule has 156 valence electrons. The lowest BCUT2D eigenvalue weighted by Gasteiger charge is -2.32. The molecule has 3 N–H and O–H groups in total. The largest absolute Gasteiger partial charge is 0.465 e. The Bertz CT molecular complexity index is 887. The SMILES string of the molecule is Cc1cc(CC(=O)Nc2cc([C@H]3CC[C@@H](N(C(=O)O)[C@@H](C)C4CC4)C3)[nH]n2)on1. The molecular weight excluding hydrogens is 374 g/mol. The summed E-state index contributed by atoms with van der Waals surface area (Å²) in [6.07, 6.45) is 4.04. The topological polar surface area (TPSA) is 124 Å². The summed E-state index contributed by atoms with van der Waals surface area (Å²) in [7, 11) is 0. The number of nitrogens with one attached hydrogen (secondary N) is 2. The number of aromatic amines is 1. The molecular formula is C20H27N5O4. The van der Waals surface area contributed by atoms with Crippen LogP contribution < -0.4 is 5.32 Å². The molecule has 2 fully saturated rings. The molecule has 3 atom stereocenters. The van der Waals surface area contributed by atoms with E-state index in [-0.39, 0.29) is 30.3 Å². The maximum atomic E-state index is 12.2. The number of H-pyrrole nitrogens is 1. The molecule has 0 spiro atoms. The molecule has 9 nitrogen and oxygen atoms in total. The summed E-state index contributed by atoms with van der Waals surface area (Å²) in [5.74, 6) is 1.47. The van der Waals surface area contributed by atoms with E-state index in [2.05, 4.69) is 20.7 Å². The predicted molar refractivity (Wildman–Crippen MR) is 105 cm³/mol. The van der Waals surface area contributed by atoms with E-state index in [0.717, 1.165) is 43.5 Å². The summed E-state index contributed by atoms with van der Waals surface area (Å²) in [4.78, 5) is 25.6. The highest BCUT2D eigenvalue weighted by Gasteiger charge is 2.41. The number of carbonyl (C=O) groups is 2. The Morgan fingerprint density at radius 3 is 2.79 bits per heavy atom. The number of hydrogen-bond acceptors (Lipinski definition) is 5. The van der Waals surface area contributed by atoms with Crippen molar-refractivity contribution >= 4 is 17.8 Å². The van der Waals surface area contributed by atoms with Crippen LogP contribution in [0.2, 0.25) is 0 Å². The van der Waals surface area contributed by atoms with Gasteiger partial charge in [-0.1, -0.05) is 5.16 Å². The summed E-state index contributed by atoms with van der Waals surface area (Å²) in [5, 5.41) is 23.4. The molecule has 2 heterocycles. The van der Waals surface area contributed by atoms with Gasteiger partial charge in [0.1, 0.15) is 5.76 Å². The van der Waals surface area contributed by atoms with Crippen LogP contribution in [0.1, 0.15) is 62.1 Å². The van der Waals surface area contributed by atoms with Crippen molar-refractivity contribution in [2.24, 2.45) is 5.92 Å². The fourth-order valence-electron chi connectivity index (χ4n) is 4.42. The van der Waals surface area contributed by atoms with Crippen LogP contribution in [0.5, 0.6) is 0 Å². The van der Waals surface area contributed by atoms with Crippen LogP contribution in [0, 0.1) is 12.8 Å². The predicted octanol–water partition coefficient (Wildman–Crippen LogP) is 3.30. The van der Waals surface area contributed by atoms with E-state index in [1.54, 1.807) is 17.9 Å². The molecule has 4 rings (SSSR count). The molecule has 2 saturated carbocycles. The highest BCUT2D eigenvalue weighted by Crippen LogP contribution is 2.41. The van der Waals surface area contributed by atoms with Gasteiger partial charge in [0.25, 0.3) is 0 Å². The van der Waals surface area contributed by atoms with Gasteiger partial charge >= 0.3 is 6.09 Å². The average Bonchev–Trinajstić information content (AvgIpc) is 3.01. The van der Waals surface area contributed by atoms with Gasteiger partial charge in [-0.15, -0.1) is 0 Å². The van der Waals surface area contributed by atoms with Crippen molar-refractivity contribution in [3.05, 3.63) is 29.3 Å². The summed E-state index contributed by atoms with van der Waals surface area (Å²) >= 11 is 0. The van der Waals surface area contributed by atoms with Crippen LogP contribution >= 0.6 is 0 Å². The molecule has 9 heteroatoms. The van der Waals surface area contributed by atoms with Crippen molar-refractivity contribution in [1.29, 1.82) is 0 Å². The minimum atomic E-state index is -0.824. The van der Waals surface area contributed by atoms with Crippen molar-refractivity contribution in [2.45, 2.75) is 70.4 Å². The molecule has 0 unspecified atom stereocenters. The van der Waals surface area contributed by atoms with Gasteiger partial charge in [-0.05, 0) is 51.9 Å². The molecule has 0 saturated heterocycles. The van der Waals surface area contributed by atoms with E-state index in [4.69, 9.17) is 4.52 Å². The molecule has 2 aromatic rings. The van der Waals surface area contributed by atoms with Crippen molar-refractivity contribution in [1.82, 2.24) is 20.3 Å². The molecule has 0 bridgehead atoms. The highest BCUT2D eigenvalue weighted by molar-refractivity contribution is 5.91. The molecule has 2 aliphatic carbocycles. The second kappa shape index (κ2) is 7.88. The number of carboxylic acid groups (broad SMARTS) is 1. The fraction of sp³-hybridized carbons (Fsp3) is 0.600. The Morgan fingerprint density at radius 2 is 2.14 bits per heavy atom. The minimum absolute atomic E-state index is 0.0316. The Hall–Kier alpha value is -2.84. The first-order valence-electron chi connectivity index (χ1n) is 10.2. The monoisotopic (exact) mass is 401 g/mol. The van der Waals surface area contributed by atoms with Crippen LogP contribution in [0.3, 0.4) is 0 Å². The Morgan fingerprint density at radius 1 is 1.34 bits per heavy atom. The standard InChI is InChI=1S/C20H27N5O4/c1-11-7-16(29-24-11)9-19(26)21-18-10-17(22-23-18)14-5-6-15(8-14)25(20(27)28)12(2)13-3-4-13/h7,10,12-15H,3-6,8-9H2,1-2H3,(H,27,28)(H2,21,22,23,26)/t12-,14-,15+/m0/s1. The first-order chi connectivity index (χ1) is 13.9. The highest BCUT2D eigenvalue weighted by atomic mass is 16.5. The van der Waals surface area contributed by atoms with E-state index < -0.39 is 6.09 Å². The van der Waals surface area contributed by atoms with Crippen LogP contribution in [0.15, 0.2) is 16.7 Å². The zero-order valence-electron chi connectivity index (χ0n) is 16.7. The number of nitrogens with zero attached hydrogens (tertiary/aromatic N) is 3. The zero-order valence-corrected chi connectivity index (χ0v) is 16.7. The third-order valence-corrected chi connectivity index (χ3v) is 6.08. The van der Waals surface area contributed by atoms with Gasteiger partial charge in [-0.3, -0.25) is 9.89 Å². The Labute approximate surface area is 168 Å². The molecule has 29 heavy (non-hydrogen) atoms. The van der Waals surface area contributed by atoms with Crippen LogP contribution in [0.4, 0.5) is 10.6 Å². The Balaban J connectivity index is 1.34. The molecule has 2 aromatic heterocycles. The van der Waals surface area contributed by atoms with Gasteiger partial charge in [0.15, 0.2) is 5.82 Å². The summed E-state index contributed by atoms with van der Waals surface area (Å²) in [6, 6.07) is 3.67. The van der Waals surface area contributed by atoms with Crippen molar-refractivity contribution < 1.29 is 19.2 Å². The summed E-state index contributed by atoms with van der Waals surface area (Å²) in [6.45, 7) is 3.83. The second-order valence-corrected chi connectivity index (χ2v) is 8.30. The second-order valence-electron chi connectivity index (χ2n) is 8.30. The lowest BCUT2D eigenvalue weighted by molar-refractivity contribution is -0.115. The van der Waals surface area contributed by atoms with Crippen LogP contribution in [-0.2, 0) is 11.2 Å². The smallest absolute Gasteiger partial charge is 0.407 e. The minimum Gasteiger partial charge on any atom is -0.465 e. The number of amides is 2. The number of aromatic nitrogens is 3. The Kier molecular flexibility index (Phi) is 5.29. The van der Waals surface area contributed by atoms with Gasteiger partial charge < -0.3 is 19.8 Å². The third kappa shape index (κ3) is 4.44. The fourth-order valence-corrected chi connectivity index (χ4v) is 4.42. The van der Waals surface area contributed by atoms with Crippen molar-refractivity contribution in [3.8, 4) is 0 Å². The van der Waals surface area contributed by atoms with Gasteiger partial charge in [-0.2, -0.15) is 5.10 Å². The molecule has 2 aliphatic rings. The van der Waals surface area contributed by atoms with E-state index >= 15 is 0 Å². The first kappa shape index (κ1) is 19.5. The summed E-state index contributed by atoms with van der Waals surface area (Å²) < 4.78 is 5.06. The van der Waals surface area contributed by atoms with Crippen molar-refractivity contribution in [2.75, 3.05) is 5.32 Å². The van der Waals surface area contributed by atoms with E-state index in [1.165, 1.54) is 0 Å². The van der Waals surface area contributed by atoms with E-state index in [9.17, 15) is 14.7 Å². The lowest BCUT2D eigenvalue weighted by atomic mass is 10.0. The third-order valence-electron chi connectivity index (χ3n) is 6.08. The average molecular weight is 401 g/mol. The van der Waals surface area contributed by atoms with E-state index in [0.29, 0.717) is 17.5 Å². The van der Waals surface area contributed by atoms with Gasteiger partial charge in [-0.25, -0.2) is 4.79 Å². The maximum absolute atomic E-state index is 12.2. The quantitative estimate of drug-likeness (QED) is 0.654. The van der Waals surface area contributed by atoms with E-state index in [1.807, 2.05) is 13.0 Å². The van der Waals surface area contributed by atoms with Crippen LogP contribution in [0.25, 0.3) is 0 Å². The number of carbonyl (C=O) groups excluding carboxylic acids is 1.